The van der Waals surface area contributed by atoms with E-state index in [4.69, 9.17) is 10.5 Å². The number of carboxylic acid groups (broad SMARTS) is 1. The molecule has 38 heavy (non-hydrogen) atoms. The Labute approximate surface area is 221 Å². The Morgan fingerprint density at radius 1 is 1.29 bits per heavy atom. The predicted octanol–water partition coefficient (Wildman–Crippen LogP) is 0.467. The largest absolute Gasteiger partial charge is 0.504 e. The molecule has 2 aliphatic heterocycles. The molecule has 16 heteroatoms. The fourth-order valence-corrected chi connectivity index (χ4v) is 5.50. The van der Waals surface area contributed by atoms with Crippen molar-refractivity contribution in [3.05, 3.63) is 58.3 Å². The first-order valence-corrected chi connectivity index (χ1v) is 12.6. The summed E-state index contributed by atoms with van der Waals surface area (Å²) < 4.78 is 5.06. The molecule has 1 unspecified atom stereocenters. The van der Waals surface area contributed by atoms with Gasteiger partial charge in [0.1, 0.15) is 29.4 Å². The van der Waals surface area contributed by atoms with E-state index >= 15 is 0 Å². The second-order valence-electron chi connectivity index (χ2n) is 7.76. The first kappa shape index (κ1) is 26.5. The van der Waals surface area contributed by atoms with Crippen molar-refractivity contribution in [2.24, 2.45) is 5.16 Å². The number of β-lactam (4-membered cyclic amide) rings is 1. The number of amides is 2. The summed E-state index contributed by atoms with van der Waals surface area (Å²) in [4.78, 5) is 54.4. The van der Waals surface area contributed by atoms with E-state index in [1.54, 1.807) is 0 Å². The molecular formula is C22H19N5O9S2. The van der Waals surface area contributed by atoms with Gasteiger partial charge in [0.2, 0.25) is 0 Å². The molecule has 2 atom stereocenters. The zero-order valence-electron chi connectivity index (χ0n) is 19.1. The lowest BCUT2D eigenvalue weighted by Gasteiger charge is -2.49. The Balaban J connectivity index is 1.41. The molecule has 2 aliphatic rings. The van der Waals surface area contributed by atoms with Crippen molar-refractivity contribution < 1.29 is 44.4 Å². The van der Waals surface area contributed by atoms with E-state index in [0.29, 0.717) is 0 Å². The third-order valence-electron chi connectivity index (χ3n) is 5.41. The number of esters is 1. The molecule has 0 spiro atoms. The summed E-state index contributed by atoms with van der Waals surface area (Å²) in [7, 11) is 0. The molecule has 2 amide bonds. The SMILES string of the molecule is Nc1nc(/C(=N/O)C(=O)NC2C(=O)N3C(C(=O)O)=C(/C=C/COC(=O)c4ccc(O)c(O)c4)CS[C@H]23)cs1. The van der Waals surface area contributed by atoms with Gasteiger partial charge in [0.25, 0.3) is 11.8 Å². The summed E-state index contributed by atoms with van der Waals surface area (Å²) in [6.07, 6.45) is 2.81. The summed E-state index contributed by atoms with van der Waals surface area (Å²) in [6.45, 7) is -0.234. The van der Waals surface area contributed by atoms with E-state index in [-0.39, 0.29) is 40.0 Å². The maximum absolute atomic E-state index is 12.8. The van der Waals surface area contributed by atoms with E-state index in [9.17, 15) is 39.7 Å². The number of ether oxygens (including phenoxy) is 1. The lowest BCUT2D eigenvalue weighted by Crippen LogP contribution is -2.71. The molecule has 14 nitrogen and oxygen atoms in total. The Morgan fingerprint density at radius 3 is 2.68 bits per heavy atom. The number of benzene rings is 1. The highest BCUT2D eigenvalue weighted by Crippen LogP contribution is 2.40. The van der Waals surface area contributed by atoms with Crippen molar-refractivity contribution in [1.82, 2.24) is 15.2 Å². The van der Waals surface area contributed by atoms with Gasteiger partial charge in [-0.3, -0.25) is 14.5 Å². The second kappa shape index (κ2) is 10.8. The van der Waals surface area contributed by atoms with Gasteiger partial charge in [-0.05, 0) is 29.8 Å². The standard InChI is InChI=1S/C22H19N5O9S2/c23-22-24-11(8-38-22)14(26-35)17(30)25-15-18(31)27-16(20(32)33)10(7-37-19(15)27)2-1-5-36-21(34)9-3-4-12(28)13(29)6-9/h1-4,6,8,15,19,28-29,35H,5,7H2,(H2,23,24)(H,25,30)(H,32,33)/b2-1+,26-14-/t15?,19-/m1/s1. The highest BCUT2D eigenvalue weighted by atomic mass is 32.2. The first-order chi connectivity index (χ1) is 18.1. The second-order valence-corrected chi connectivity index (χ2v) is 9.76. The number of phenolic OH excluding ortho intramolecular Hbond substituents is 2. The monoisotopic (exact) mass is 561 g/mol. The minimum Gasteiger partial charge on any atom is -0.504 e. The fraction of sp³-hybridized carbons (Fsp3) is 0.182. The molecule has 7 N–H and O–H groups in total. The van der Waals surface area contributed by atoms with Gasteiger partial charge in [-0.1, -0.05) is 11.2 Å². The number of aliphatic carboxylic acids is 1. The van der Waals surface area contributed by atoms with Crippen molar-refractivity contribution >= 4 is 57.7 Å². The molecule has 3 heterocycles. The van der Waals surface area contributed by atoms with Crippen LogP contribution in [0.4, 0.5) is 5.13 Å². The highest BCUT2D eigenvalue weighted by molar-refractivity contribution is 8.00. The Morgan fingerprint density at radius 2 is 2.05 bits per heavy atom. The van der Waals surface area contributed by atoms with Gasteiger partial charge in [0.15, 0.2) is 22.3 Å². The fourth-order valence-electron chi connectivity index (χ4n) is 3.64. The smallest absolute Gasteiger partial charge is 0.352 e. The Bertz CT molecular complexity index is 1420. The maximum atomic E-state index is 12.8. The van der Waals surface area contributed by atoms with Crippen molar-refractivity contribution in [3.63, 3.8) is 0 Å². The number of nitrogens with two attached hydrogens (primary N) is 1. The number of hydrogen-bond acceptors (Lipinski definition) is 13. The number of aromatic nitrogens is 1. The van der Waals surface area contributed by atoms with Crippen molar-refractivity contribution in [3.8, 4) is 11.5 Å². The van der Waals surface area contributed by atoms with E-state index in [0.717, 1.165) is 28.4 Å². The van der Waals surface area contributed by atoms with Crippen LogP contribution in [0.15, 0.2) is 52.2 Å². The molecule has 1 fully saturated rings. The molecule has 2 aromatic rings. The Hall–Kier alpha value is -4.57. The van der Waals surface area contributed by atoms with Gasteiger partial charge >= 0.3 is 11.9 Å². The zero-order valence-corrected chi connectivity index (χ0v) is 20.7. The maximum Gasteiger partial charge on any atom is 0.352 e. The molecule has 4 rings (SSSR count). The number of carbonyl (C=O) groups is 4. The van der Waals surface area contributed by atoms with E-state index < -0.39 is 52.4 Å². The number of fused-ring (bicyclic) bond motifs is 1. The summed E-state index contributed by atoms with van der Waals surface area (Å²) in [6, 6.07) is 2.36. The van der Waals surface area contributed by atoms with E-state index in [2.05, 4.69) is 15.5 Å². The van der Waals surface area contributed by atoms with Crippen molar-refractivity contribution in [2.45, 2.75) is 11.4 Å². The Kier molecular flexibility index (Phi) is 7.54. The van der Waals surface area contributed by atoms with Gasteiger partial charge in [0.05, 0.1) is 5.56 Å². The number of carbonyl (C=O) groups excluding carboxylic acids is 3. The molecule has 198 valence electrons. The number of thioether (sulfide) groups is 1. The molecule has 0 aliphatic carbocycles. The van der Waals surface area contributed by atoms with Crippen LogP contribution in [0.5, 0.6) is 11.5 Å². The first-order valence-electron chi connectivity index (χ1n) is 10.6. The molecule has 0 saturated carbocycles. The van der Waals surface area contributed by atoms with Crippen LogP contribution in [0.2, 0.25) is 0 Å². The van der Waals surface area contributed by atoms with Gasteiger partial charge in [0, 0.05) is 11.1 Å². The van der Waals surface area contributed by atoms with Crippen molar-refractivity contribution in [2.75, 3.05) is 18.1 Å². The summed E-state index contributed by atoms with van der Waals surface area (Å²) in [5.41, 5.74) is 5.12. The average Bonchev–Trinajstić information content (AvgIpc) is 3.31. The van der Waals surface area contributed by atoms with Crippen LogP contribution in [0.25, 0.3) is 0 Å². The molecule has 0 bridgehead atoms. The van der Waals surface area contributed by atoms with Gasteiger partial charge in [-0.25, -0.2) is 14.6 Å². The lowest BCUT2D eigenvalue weighted by atomic mass is 10.0. The lowest BCUT2D eigenvalue weighted by molar-refractivity contribution is -0.150. The third kappa shape index (κ3) is 5.12. The highest BCUT2D eigenvalue weighted by Gasteiger charge is 2.54. The van der Waals surface area contributed by atoms with Crippen LogP contribution >= 0.6 is 23.1 Å². The summed E-state index contributed by atoms with van der Waals surface area (Å²) in [5, 5.41) is 44.0. The number of allylic oxidation sites excluding steroid dienone is 1. The topological polar surface area (TPSA) is 225 Å². The van der Waals surface area contributed by atoms with E-state index in [1.165, 1.54) is 35.4 Å². The zero-order chi connectivity index (χ0) is 27.6. The van der Waals surface area contributed by atoms with Gasteiger partial charge in [-0.2, -0.15) is 0 Å². The minimum absolute atomic E-state index is 0.00196. The molecule has 1 aromatic carbocycles. The molecular weight excluding hydrogens is 542 g/mol. The van der Waals surface area contributed by atoms with Crippen LogP contribution < -0.4 is 11.1 Å². The molecule has 1 aromatic heterocycles. The van der Waals surface area contributed by atoms with Crippen LogP contribution in [0.3, 0.4) is 0 Å². The number of anilines is 1. The number of rotatable bonds is 8. The summed E-state index contributed by atoms with van der Waals surface area (Å²) in [5.74, 6) is -4.40. The van der Waals surface area contributed by atoms with Crippen LogP contribution in [0.1, 0.15) is 16.1 Å². The molecule has 0 radical (unpaired) electrons. The van der Waals surface area contributed by atoms with Crippen LogP contribution in [-0.2, 0) is 19.1 Å². The minimum atomic E-state index is -1.36. The number of nitrogen functional groups attached to an aromatic ring is 1. The number of thiazole rings is 1. The number of nitrogens with zero attached hydrogens (tertiary/aromatic N) is 3. The van der Waals surface area contributed by atoms with E-state index in [1.807, 2.05) is 0 Å². The van der Waals surface area contributed by atoms with Gasteiger partial charge in [-0.15, -0.1) is 23.1 Å². The number of oxime groups is 1. The number of aromatic hydroxyl groups is 2. The van der Waals surface area contributed by atoms with Crippen LogP contribution in [0, 0.1) is 0 Å². The predicted molar refractivity (Wildman–Crippen MR) is 134 cm³/mol. The van der Waals surface area contributed by atoms with Crippen LogP contribution in [-0.4, -0.2) is 83.7 Å². The number of carboxylic acids is 1. The van der Waals surface area contributed by atoms with Gasteiger partial charge < -0.3 is 36.3 Å². The average molecular weight is 562 g/mol. The third-order valence-corrected chi connectivity index (χ3v) is 7.38. The van der Waals surface area contributed by atoms with Crippen molar-refractivity contribution in [1.29, 1.82) is 0 Å². The number of nitrogens with one attached hydrogen (secondary N) is 1. The molecule has 1 saturated heterocycles. The normalized spacial score (nSPS) is 19.2. The number of hydrogen-bond donors (Lipinski definition) is 6. The summed E-state index contributed by atoms with van der Waals surface area (Å²) >= 11 is 2.23. The number of phenols is 2. The quantitative estimate of drug-likeness (QED) is 0.0646.